The van der Waals surface area contributed by atoms with Crippen LogP contribution in [0.1, 0.15) is 11.1 Å². The lowest BCUT2D eigenvalue weighted by Gasteiger charge is -2.10. The molecule has 2 amide bonds. The summed E-state index contributed by atoms with van der Waals surface area (Å²) in [5, 5.41) is 6.81. The number of nitrogens with one attached hydrogen (secondary N) is 2. The molecule has 0 unspecified atom stereocenters. The third-order valence-corrected chi connectivity index (χ3v) is 3.30. The summed E-state index contributed by atoms with van der Waals surface area (Å²) in [5.74, 6) is 0. The number of carbonyl (C=O) groups excluding carboxylic acids is 1. The summed E-state index contributed by atoms with van der Waals surface area (Å²) in [5.41, 5.74) is 2.63. The molecular formula is C15H14Cl2N2O. The number of amides is 2. The van der Waals surface area contributed by atoms with E-state index in [0.29, 0.717) is 22.3 Å². The molecule has 0 aromatic heterocycles. The fraction of sp³-hybridized carbons (Fsp3) is 0.133. The van der Waals surface area contributed by atoms with Gasteiger partial charge in [-0.3, -0.25) is 0 Å². The van der Waals surface area contributed by atoms with E-state index < -0.39 is 0 Å². The summed E-state index contributed by atoms with van der Waals surface area (Å²) < 4.78 is 0. The van der Waals surface area contributed by atoms with Crippen molar-refractivity contribution >= 4 is 34.9 Å². The van der Waals surface area contributed by atoms with Gasteiger partial charge in [-0.1, -0.05) is 41.4 Å². The normalized spacial score (nSPS) is 10.2. The van der Waals surface area contributed by atoms with E-state index in [9.17, 15) is 4.79 Å². The molecule has 0 saturated heterocycles. The van der Waals surface area contributed by atoms with Gasteiger partial charge in [0.05, 0.1) is 0 Å². The number of benzene rings is 2. The van der Waals surface area contributed by atoms with Crippen LogP contribution in [0.2, 0.25) is 10.0 Å². The molecule has 0 spiro atoms. The molecule has 2 aromatic carbocycles. The fourth-order valence-corrected chi connectivity index (χ4v) is 1.98. The van der Waals surface area contributed by atoms with Crippen molar-refractivity contribution in [2.45, 2.75) is 13.5 Å². The zero-order valence-electron chi connectivity index (χ0n) is 10.9. The van der Waals surface area contributed by atoms with Crippen LogP contribution in [0.5, 0.6) is 0 Å². The van der Waals surface area contributed by atoms with Crippen molar-refractivity contribution in [1.29, 1.82) is 0 Å². The lowest BCUT2D eigenvalue weighted by Crippen LogP contribution is -2.28. The lowest BCUT2D eigenvalue weighted by molar-refractivity contribution is 0.251. The zero-order valence-corrected chi connectivity index (χ0v) is 12.4. The van der Waals surface area contributed by atoms with Gasteiger partial charge in [0, 0.05) is 22.3 Å². The first-order chi connectivity index (χ1) is 9.54. The topological polar surface area (TPSA) is 41.1 Å². The number of anilines is 1. The fourth-order valence-electron chi connectivity index (χ4n) is 1.68. The van der Waals surface area contributed by atoms with E-state index >= 15 is 0 Å². The monoisotopic (exact) mass is 308 g/mol. The predicted octanol–water partition coefficient (Wildman–Crippen LogP) is 4.62. The van der Waals surface area contributed by atoms with Gasteiger partial charge >= 0.3 is 6.03 Å². The Bertz CT molecular complexity index is 612. The van der Waals surface area contributed by atoms with E-state index in [2.05, 4.69) is 10.6 Å². The Labute approximate surface area is 127 Å². The maximum Gasteiger partial charge on any atom is 0.319 e. The summed E-state index contributed by atoms with van der Waals surface area (Å²) in [6.07, 6.45) is 0. The van der Waals surface area contributed by atoms with Crippen molar-refractivity contribution in [2.75, 3.05) is 5.32 Å². The second-order valence-electron chi connectivity index (χ2n) is 4.39. The van der Waals surface area contributed by atoms with E-state index in [1.807, 2.05) is 25.1 Å². The molecule has 0 saturated carbocycles. The van der Waals surface area contributed by atoms with Crippen LogP contribution in [0.25, 0.3) is 0 Å². The first kappa shape index (κ1) is 14.7. The number of halogens is 2. The van der Waals surface area contributed by atoms with Crippen LogP contribution in [0.3, 0.4) is 0 Å². The molecule has 20 heavy (non-hydrogen) atoms. The average Bonchev–Trinajstić information content (AvgIpc) is 2.42. The number of carbonyl (C=O) groups is 1. The van der Waals surface area contributed by atoms with Crippen molar-refractivity contribution in [3.8, 4) is 0 Å². The average molecular weight is 309 g/mol. The molecule has 0 atom stereocenters. The van der Waals surface area contributed by atoms with Gasteiger partial charge in [0.2, 0.25) is 0 Å². The van der Waals surface area contributed by atoms with Crippen molar-refractivity contribution < 1.29 is 4.79 Å². The van der Waals surface area contributed by atoms with Gasteiger partial charge in [0.25, 0.3) is 0 Å². The quantitative estimate of drug-likeness (QED) is 0.853. The molecule has 2 aromatic rings. The van der Waals surface area contributed by atoms with Crippen LogP contribution in [-0.4, -0.2) is 6.03 Å². The van der Waals surface area contributed by atoms with Gasteiger partial charge in [0.1, 0.15) is 0 Å². The van der Waals surface area contributed by atoms with Crippen LogP contribution in [0.4, 0.5) is 10.5 Å². The predicted molar refractivity (Wildman–Crippen MR) is 83.5 cm³/mol. The minimum absolute atomic E-state index is 0.273. The highest BCUT2D eigenvalue weighted by molar-refractivity contribution is 6.31. The third-order valence-electron chi connectivity index (χ3n) is 2.81. The smallest absolute Gasteiger partial charge is 0.319 e. The van der Waals surface area contributed by atoms with Crippen molar-refractivity contribution in [2.24, 2.45) is 0 Å². The van der Waals surface area contributed by atoms with Crippen LogP contribution in [0, 0.1) is 6.92 Å². The summed E-state index contributed by atoms with van der Waals surface area (Å²) >= 11 is 11.7. The molecule has 5 heteroatoms. The lowest BCUT2D eigenvalue weighted by atomic mass is 10.2. The standard InChI is InChI=1S/C15H14Cl2N2O/c1-10-2-5-13(17)8-14(10)19-15(20)18-9-11-3-6-12(16)7-4-11/h2-8H,9H2,1H3,(H2,18,19,20). The highest BCUT2D eigenvalue weighted by Gasteiger charge is 2.05. The molecular weight excluding hydrogens is 295 g/mol. The number of hydrogen-bond acceptors (Lipinski definition) is 1. The van der Waals surface area contributed by atoms with Crippen molar-refractivity contribution in [1.82, 2.24) is 5.32 Å². The molecule has 0 heterocycles. The molecule has 0 aliphatic rings. The molecule has 0 aliphatic carbocycles. The number of aryl methyl sites for hydroxylation is 1. The number of hydrogen-bond donors (Lipinski definition) is 2. The molecule has 2 N–H and O–H groups in total. The first-order valence-electron chi connectivity index (χ1n) is 6.10. The first-order valence-corrected chi connectivity index (χ1v) is 6.85. The third kappa shape index (κ3) is 4.15. The molecule has 0 aliphatic heterocycles. The molecule has 0 bridgehead atoms. The van der Waals surface area contributed by atoms with Crippen LogP contribution >= 0.6 is 23.2 Å². The van der Waals surface area contributed by atoms with Crippen molar-refractivity contribution in [3.63, 3.8) is 0 Å². The van der Waals surface area contributed by atoms with E-state index in [1.54, 1.807) is 24.3 Å². The van der Waals surface area contributed by atoms with Gasteiger partial charge in [-0.25, -0.2) is 4.79 Å². The summed E-state index contributed by atoms with van der Waals surface area (Å²) in [7, 11) is 0. The summed E-state index contributed by atoms with van der Waals surface area (Å²) in [4.78, 5) is 11.8. The van der Waals surface area contributed by atoms with Gasteiger partial charge in [0.15, 0.2) is 0 Å². The maximum atomic E-state index is 11.8. The Kier molecular flexibility index (Phi) is 4.88. The maximum absolute atomic E-state index is 11.8. The van der Waals surface area contributed by atoms with Crippen LogP contribution in [0.15, 0.2) is 42.5 Å². The Morgan fingerprint density at radius 2 is 1.70 bits per heavy atom. The van der Waals surface area contributed by atoms with E-state index in [0.717, 1.165) is 11.1 Å². The Morgan fingerprint density at radius 3 is 2.40 bits per heavy atom. The molecule has 104 valence electrons. The minimum atomic E-state index is -0.273. The Balaban J connectivity index is 1.92. The van der Waals surface area contributed by atoms with Crippen LogP contribution in [-0.2, 0) is 6.54 Å². The Hall–Kier alpha value is -1.71. The number of rotatable bonds is 3. The zero-order chi connectivity index (χ0) is 14.5. The summed E-state index contributed by atoms with van der Waals surface area (Å²) in [6, 6.07) is 12.4. The second-order valence-corrected chi connectivity index (χ2v) is 5.27. The largest absolute Gasteiger partial charge is 0.334 e. The van der Waals surface area contributed by atoms with Gasteiger partial charge in [-0.15, -0.1) is 0 Å². The minimum Gasteiger partial charge on any atom is -0.334 e. The Morgan fingerprint density at radius 1 is 1.05 bits per heavy atom. The van der Waals surface area contributed by atoms with E-state index in [-0.39, 0.29) is 6.03 Å². The molecule has 0 fully saturated rings. The molecule has 3 nitrogen and oxygen atoms in total. The van der Waals surface area contributed by atoms with E-state index in [1.165, 1.54) is 0 Å². The van der Waals surface area contributed by atoms with Gasteiger partial charge in [-0.2, -0.15) is 0 Å². The molecule has 2 rings (SSSR count). The van der Waals surface area contributed by atoms with Gasteiger partial charge in [-0.05, 0) is 42.3 Å². The van der Waals surface area contributed by atoms with Crippen molar-refractivity contribution in [3.05, 3.63) is 63.6 Å². The van der Waals surface area contributed by atoms with Gasteiger partial charge < -0.3 is 10.6 Å². The highest BCUT2D eigenvalue weighted by atomic mass is 35.5. The SMILES string of the molecule is Cc1ccc(Cl)cc1NC(=O)NCc1ccc(Cl)cc1. The van der Waals surface area contributed by atoms with Crippen LogP contribution < -0.4 is 10.6 Å². The molecule has 0 radical (unpaired) electrons. The van der Waals surface area contributed by atoms with E-state index in [4.69, 9.17) is 23.2 Å². The summed E-state index contributed by atoms with van der Waals surface area (Å²) in [6.45, 7) is 2.34. The number of urea groups is 1. The second kappa shape index (κ2) is 6.64. The highest BCUT2D eigenvalue weighted by Crippen LogP contribution is 2.20.